The van der Waals surface area contributed by atoms with Crippen molar-refractivity contribution in [2.75, 3.05) is 10.6 Å². The van der Waals surface area contributed by atoms with E-state index in [0.717, 1.165) is 0 Å². The summed E-state index contributed by atoms with van der Waals surface area (Å²) >= 11 is 0. The van der Waals surface area contributed by atoms with Gasteiger partial charge in [-0.25, -0.2) is 4.98 Å². The molecule has 28 heavy (non-hydrogen) atoms. The van der Waals surface area contributed by atoms with Gasteiger partial charge in [0.2, 0.25) is 5.95 Å². The van der Waals surface area contributed by atoms with Crippen molar-refractivity contribution in [3.05, 3.63) is 77.0 Å². The number of anilines is 4. The molecular weight excluding hydrogens is 348 g/mol. The number of allylic oxidation sites excluding steroid dienone is 1. The first-order valence-electron chi connectivity index (χ1n) is 10.5. The second-order valence-corrected chi connectivity index (χ2v) is 5.74. The predicted octanol–water partition coefficient (Wildman–Crippen LogP) is 4.99. The summed E-state index contributed by atoms with van der Waals surface area (Å²) in [4.78, 5) is 8.55. The minimum absolute atomic E-state index is 0.254. The van der Waals surface area contributed by atoms with E-state index in [9.17, 15) is 0 Å². The fourth-order valence-corrected chi connectivity index (χ4v) is 2.46. The lowest BCUT2D eigenvalue weighted by molar-refractivity contribution is 1.16. The van der Waals surface area contributed by atoms with Gasteiger partial charge >= 0.3 is 0 Å². The summed E-state index contributed by atoms with van der Waals surface area (Å²) in [5, 5.41) is 23.7. The molecule has 0 aliphatic rings. The molecule has 6 heteroatoms. The van der Waals surface area contributed by atoms with Gasteiger partial charge in [-0.3, -0.25) is 0 Å². The van der Waals surface area contributed by atoms with Gasteiger partial charge in [-0.2, -0.15) is 15.5 Å². The highest BCUT2D eigenvalue weighted by Crippen LogP contribution is 2.26. The van der Waals surface area contributed by atoms with Crippen LogP contribution in [-0.2, 0) is 0 Å². The SMILES string of the molecule is [2H]C([2H])c1cc(/C=C/C#N)cc(C([2H])[2H])c1Nc1ccnc(Nc2ccc(C#N)cc2)n1. The molecule has 0 unspecified atom stereocenters. The van der Waals surface area contributed by atoms with E-state index in [1.54, 1.807) is 42.5 Å². The van der Waals surface area contributed by atoms with Crippen LogP contribution in [0.4, 0.5) is 23.1 Å². The third-order valence-electron chi connectivity index (χ3n) is 3.75. The Hall–Kier alpha value is -4.16. The summed E-state index contributed by atoms with van der Waals surface area (Å²) in [6.07, 6.45) is 4.28. The third kappa shape index (κ3) is 4.51. The van der Waals surface area contributed by atoms with Gasteiger partial charge in [0.15, 0.2) is 0 Å². The molecule has 0 bridgehead atoms. The van der Waals surface area contributed by atoms with Crippen LogP contribution in [0.15, 0.2) is 54.7 Å². The molecule has 6 nitrogen and oxygen atoms in total. The van der Waals surface area contributed by atoms with Crippen LogP contribution in [0, 0.1) is 36.4 Å². The number of nitrogens with one attached hydrogen (secondary N) is 2. The molecule has 0 spiro atoms. The maximum absolute atomic E-state index is 8.90. The molecule has 1 aromatic heterocycles. The molecule has 1 heterocycles. The van der Waals surface area contributed by atoms with Crippen LogP contribution in [0.25, 0.3) is 6.08 Å². The van der Waals surface area contributed by atoms with E-state index in [-0.39, 0.29) is 22.8 Å². The van der Waals surface area contributed by atoms with Gasteiger partial charge in [0.05, 0.1) is 17.7 Å². The lowest BCUT2D eigenvalue weighted by atomic mass is 10.0. The zero-order chi connectivity index (χ0) is 23.1. The van der Waals surface area contributed by atoms with E-state index in [0.29, 0.717) is 22.6 Å². The first-order chi connectivity index (χ1) is 15.4. The molecule has 0 saturated heterocycles. The molecule has 2 N–H and O–H groups in total. The molecule has 0 fully saturated rings. The van der Waals surface area contributed by atoms with Crippen LogP contribution in [0.2, 0.25) is 0 Å². The fourth-order valence-electron chi connectivity index (χ4n) is 2.46. The highest BCUT2D eigenvalue weighted by molar-refractivity contribution is 5.69. The van der Waals surface area contributed by atoms with Gasteiger partial charge in [0, 0.05) is 29.1 Å². The van der Waals surface area contributed by atoms with Crippen molar-refractivity contribution in [3.8, 4) is 12.1 Å². The Morgan fingerprint density at radius 2 is 1.79 bits per heavy atom. The summed E-state index contributed by atoms with van der Waals surface area (Å²) in [7, 11) is 0. The largest absolute Gasteiger partial charge is 0.340 e. The van der Waals surface area contributed by atoms with Gasteiger partial charge in [0.1, 0.15) is 5.82 Å². The smallest absolute Gasteiger partial charge is 0.229 e. The molecule has 0 aliphatic heterocycles. The molecule has 3 aromatic rings. The molecule has 0 amide bonds. The van der Waals surface area contributed by atoms with Crippen molar-refractivity contribution in [1.29, 1.82) is 10.5 Å². The molecule has 0 saturated carbocycles. The molecule has 136 valence electrons. The van der Waals surface area contributed by atoms with E-state index < -0.39 is 13.8 Å². The number of aryl methyl sites for hydroxylation is 2. The van der Waals surface area contributed by atoms with Gasteiger partial charge in [-0.05, 0) is 79.0 Å². The number of hydrogen-bond acceptors (Lipinski definition) is 6. The minimum Gasteiger partial charge on any atom is -0.340 e. The van der Waals surface area contributed by atoms with Crippen molar-refractivity contribution >= 4 is 29.2 Å². The maximum atomic E-state index is 8.90. The number of aromatic nitrogens is 2. The average molecular weight is 370 g/mol. The Kier molecular flexibility index (Phi) is 4.23. The van der Waals surface area contributed by atoms with Crippen LogP contribution >= 0.6 is 0 Å². The predicted molar refractivity (Wildman–Crippen MR) is 110 cm³/mol. The van der Waals surface area contributed by atoms with Crippen LogP contribution in [0.5, 0.6) is 0 Å². The lowest BCUT2D eigenvalue weighted by Gasteiger charge is -2.14. The van der Waals surface area contributed by atoms with Gasteiger partial charge in [0.25, 0.3) is 0 Å². The zero-order valence-electron chi connectivity index (χ0n) is 18.7. The first kappa shape index (κ1) is 14.0. The standard InChI is InChI=1S/C22H18N6/c1-15-12-18(4-3-10-23)13-16(2)21(15)27-20-9-11-25-22(28-20)26-19-7-5-17(14-24)6-8-19/h3-9,11-13H,1-2H3,(H2,25,26,27,28)/b4-3+/i1D2,2D2. The Morgan fingerprint density at radius 1 is 1.04 bits per heavy atom. The Balaban J connectivity index is 1.95. The number of benzene rings is 2. The van der Waals surface area contributed by atoms with E-state index in [4.69, 9.17) is 16.0 Å². The van der Waals surface area contributed by atoms with Crippen molar-refractivity contribution in [1.82, 2.24) is 9.97 Å². The third-order valence-corrected chi connectivity index (χ3v) is 3.75. The van der Waals surface area contributed by atoms with Crippen LogP contribution in [0.1, 0.15) is 27.7 Å². The Labute approximate surface area is 169 Å². The fraction of sp³-hybridized carbons (Fsp3) is 0.0909. The summed E-state index contributed by atoms with van der Waals surface area (Å²) in [6, 6.07) is 15.4. The van der Waals surface area contributed by atoms with Crippen LogP contribution in [-0.4, -0.2) is 9.97 Å². The maximum Gasteiger partial charge on any atom is 0.229 e. The number of hydrogen-bond donors (Lipinski definition) is 2. The summed E-state index contributed by atoms with van der Waals surface area (Å²) < 4.78 is 31.6. The summed E-state index contributed by atoms with van der Waals surface area (Å²) in [5.74, 6) is 0.623. The van der Waals surface area contributed by atoms with Crippen molar-refractivity contribution < 1.29 is 5.48 Å². The quantitative estimate of drug-likeness (QED) is 0.614. The number of rotatable bonds is 5. The van der Waals surface area contributed by atoms with Crippen LogP contribution < -0.4 is 10.6 Å². The van der Waals surface area contributed by atoms with Gasteiger partial charge < -0.3 is 10.6 Å². The van der Waals surface area contributed by atoms with E-state index in [1.165, 1.54) is 18.3 Å². The van der Waals surface area contributed by atoms with Crippen LogP contribution in [0.3, 0.4) is 0 Å². The molecular formula is C22H18N6. The first-order valence-corrected chi connectivity index (χ1v) is 8.21. The normalized spacial score (nSPS) is 12.6. The van der Waals surface area contributed by atoms with E-state index in [2.05, 4.69) is 20.6 Å². The van der Waals surface area contributed by atoms with Crippen molar-refractivity contribution in [2.45, 2.75) is 13.8 Å². The monoisotopic (exact) mass is 370 g/mol. The number of nitrogens with zero attached hydrogens (tertiary/aromatic N) is 4. The molecule has 0 radical (unpaired) electrons. The summed E-state index contributed by atoms with van der Waals surface area (Å²) in [5.41, 5.74) is 2.54. The number of nitriles is 2. The minimum atomic E-state index is -1.39. The molecule has 0 atom stereocenters. The van der Waals surface area contributed by atoms with E-state index >= 15 is 0 Å². The topological polar surface area (TPSA) is 97.4 Å². The van der Waals surface area contributed by atoms with Crippen molar-refractivity contribution in [2.24, 2.45) is 0 Å². The lowest BCUT2D eigenvalue weighted by Crippen LogP contribution is -2.02. The second kappa shape index (κ2) is 8.48. The van der Waals surface area contributed by atoms with Gasteiger partial charge in [-0.15, -0.1) is 0 Å². The second-order valence-electron chi connectivity index (χ2n) is 5.74. The molecule has 3 rings (SSSR count). The van der Waals surface area contributed by atoms with E-state index in [1.807, 2.05) is 12.1 Å². The molecule has 0 aliphatic carbocycles. The van der Waals surface area contributed by atoms with Crippen molar-refractivity contribution in [3.63, 3.8) is 0 Å². The van der Waals surface area contributed by atoms with Gasteiger partial charge in [-0.1, -0.05) is 0 Å². The Morgan fingerprint density at radius 3 is 2.43 bits per heavy atom. The highest BCUT2D eigenvalue weighted by Gasteiger charge is 2.07. The average Bonchev–Trinajstić information content (AvgIpc) is 2.78. The molecule has 2 aromatic carbocycles. The zero-order valence-corrected chi connectivity index (χ0v) is 14.7. The summed E-state index contributed by atoms with van der Waals surface area (Å²) in [6.45, 7) is -2.77. The Bertz CT molecular complexity index is 1180. The highest BCUT2D eigenvalue weighted by atomic mass is 15.1.